The molecule has 0 unspecified atom stereocenters. The van der Waals surface area contributed by atoms with Gasteiger partial charge in [0.05, 0.1) is 12.8 Å². The van der Waals surface area contributed by atoms with E-state index in [1.807, 2.05) is 18.5 Å². The third kappa shape index (κ3) is 3.21. The molecule has 1 saturated heterocycles. The van der Waals surface area contributed by atoms with Gasteiger partial charge in [-0.05, 0) is 60.9 Å². The van der Waals surface area contributed by atoms with Gasteiger partial charge in [-0.1, -0.05) is 12.1 Å². The van der Waals surface area contributed by atoms with E-state index in [0.29, 0.717) is 11.8 Å². The molecule has 2 aromatic heterocycles. The molecule has 1 aromatic carbocycles. The summed E-state index contributed by atoms with van der Waals surface area (Å²) in [5, 5.41) is 5.16. The number of nitrogens with zero attached hydrogens (tertiary/aromatic N) is 4. The summed E-state index contributed by atoms with van der Waals surface area (Å²) < 4.78 is 7.85. The largest absolute Gasteiger partial charge is 0.497 e. The van der Waals surface area contributed by atoms with Gasteiger partial charge < -0.3 is 4.74 Å². The number of aromatic nitrogens is 3. The van der Waals surface area contributed by atoms with Crippen molar-refractivity contribution < 1.29 is 4.74 Å². The second-order valence-corrected chi connectivity index (χ2v) is 9.19. The average molecular weight is 401 g/mol. The highest BCUT2D eigenvalue weighted by Crippen LogP contribution is 2.48. The van der Waals surface area contributed by atoms with Crippen LogP contribution in [0.3, 0.4) is 0 Å². The molecule has 1 aliphatic heterocycles. The van der Waals surface area contributed by atoms with Crippen LogP contribution in [-0.4, -0.2) is 39.9 Å². The number of methoxy groups -OCH3 is 1. The van der Waals surface area contributed by atoms with Crippen LogP contribution >= 0.6 is 0 Å². The lowest BCUT2D eigenvalue weighted by molar-refractivity contribution is 0.312. The van der Waals surface area contributed by atoms with Crippen LogP contribution in [-0.2, 0) is 19.5 Å². The Bertz CT molecular complexity index is 1060. The van der Waals surface area contributed by atoms with E-state index in [1.54, 1.807) is 7.11 Å². The summed E-state index contributed by atoms with van der Waals surface area (Å²) in [6.07, 6.45) is 7.67. The van der Waals surface area contributed by atoms with Gasteiger partial charge in [0, 0.05) is 61.3 Å². The molecule has 30 heavy (non-hydrogen) atoms. The highest BCUT2D eigenvalue weighted by molar-refractivity contribution is 5.68. The number of pyridine rings is 1. The molecule has 0 bridgehead atoms. The van der Waals surface area contributed by atoms with Crippen LogP contribution in [0.15, 0.2) is 48.8 Å². The Morgan fingerprint density at radius 1 is 1.10 bits per heavy atom. The first-order valence-electron chi connectivity index (χ1n) is 11.1. The van der Waals surface area contributed by atoms with Gasteiger partial charge >= 0.3 is 0 Å². The number of hydrogen-bond acceptors (Lipinski definition) is 4. The van der Waals surface area contributed by atoms with Crippen LogP contribution in [0.1, 0.15) is 35.6 Å². The lowest BCUT2D eigenvalue weighted by atomic mass is 9.94. The summed E-state index contributed by atoms with van der Waals surface area (Å²) >= 11 is 0. The zero-order valence-corrected chi connectivity index (χ0v) is 17.5. The van der Waals surface area contributed by atoms with Gasteiger partial charge in [-0.15, -0.1) is 0 Å². The molecule has 0 N–H and O–H groups in total. The third-order valence-electron chi connectivity index (χ3n) is 7.07. The van der Waals surface area contributed by atoms with Crippen LogP contribution in [0.4, 0.5) is 0 Å². The normalized spacial score (nSPS) is 22.8. The SMILES string of the molecule is COc1cccc(-c2nn(CC3CC3)c3c2[C@H]2CN(Cc4ccncc4)C[C@H]2C3)c1. The van der Waals surface area contributed by atoms with Crippen LogP contribution in [0.25, 0.3) is 11.3 Å². The maximum atomic E-state index is 5.50. The topological polar surface area (TPSA) is 43.2 Å². The molecule has 5 heteroatoms. The summed E-state index contributed by atoms with van der Waals surface area (Å²) in [5.74, 6) is 3.01. The number of fused-ring (bicyclic) bond motifs is 3. The molecule has 0 radical (unpaired) electrons. The van der Waals surface area contributed by atoms with Crippen LogP contribution in [0, 0.1) is 11.8 Å². The van der Waals surface area contributed by atoms with Crippen molar-refractivity contribution in [3.05, 3.63) is 65.6 Å². The predicted octanol–water partition coefficient (Wildman–Crippen LogP) is 4.14. The van der Waals surface area contributed by atoms with E-state index >= 15 is 0 Å². The van der Waals surface area contributed by atoms with E-state index in [1.165, 1.54) is 47.5 Å². The molecule has 5 nitrogen and oxygen atoms in total. The van der Waals surface area contributed by atoms with E-state index in [9.17, 15) is 0 Å². The summed E-state index contributed by atoms with van der Waals surface area (Å²) in [7, 11) is 1.74. The first kappa shape index (κ1) is 18.1. The fourth-order valence-corrected chi connectivity index (χ4v) is 5.41. The lowest BCUT2D eigenvalue weighted by Gasteiger charge is -2.17. The van der Waals surface area contributed by atoms with Crippen molar-refractivity contribution in [1.82, 2.24) is 19.7 Å². The molecule has 0 spiro atoms. The van der Waals surface area contributed by atoms with E-state index < -0.39 is 0 Å². The van der Waals surface area contributed by atoms with Crippen molar-refractivity contribution in [1.29, 1.82) is 0 Å². The fraction of sp³-hybridized carbons (Fsp3) is 0.440. The molecule has 2 aliphatic carbocycles. The van der Waals surface area contributed by atoms with Crippen LogP contribution in [0.5, 0.6) is 5.75 Å². The Morgan fingerprint density at radius 3 is 2.77 bits per heavy atom. The second-order valence-electron chi connectivity index (χ2n) is 9.19. The Labute approximate surface area is 177 Å². The Hall–Kier alpha value is -2.66. The van der Waals surface area contributed by atoms with Crippen molar-refractivity contribution in [2.75, 3.05) is 20.2 Å². The van der Waals surface area contributed by atoms with Gasteiger partial charge in [0.25, 0.3) is 0 Å². The zero-order valence-electron chi connectivity index (χ0n) is 17.5. The first-order chi connectivity index (χ1) is 14.8. The molecule has 2 fully saturated rings. The van der Waals surface area contributed by atoms with Gasteiger partial charge in [0.1, 0.15) is 5.75 Å². The smallest absolute Gasteiger partial charge is 0.119 e. The van der Waals surface area contributed by atoms with Crippen molar-refractivity contribution >= 4 is 0 Å². The predicted molar refractivity (Wildman–Crippen MR) is 116 cm³/mol. The van der Waals surface area contributed by atoms with Crippen molar-refractivity contribution in [2.45, 2.75) is 38.3 Å². The molecule has 1 saturated carbocycles. The number of benzene rings is 1. The quantitative estimate of drug-likeness (QED) is 0.624. The minimum absolute atomic E-state index is 0.580. The molecule has 0 amide bonds. The van der Waals surface area contributed by atoms with Gasteiger partial charge in [0.2, 0.25) is 0 Å². The Balaban J connectivity index is 1.33. The van der Waals surface area contributed by atoms with Crippen molar-refractivity contribution in [2.24, 2.45) is 11.8 Å². The molecule has 3 aromatic rings. The highest BCUT2D eigenvalue weighted by Gasteiger charge is 2.44. The van der Waals surface area contributed by atoms with Crippen molar-refractivity contribution in [3.8, 4) is 17.0 Å². The van der Waals surface area contributed by atoms with Crippen LogP contribution < -0.4 is 4.74 Å². The minimum atomic E-state index is 0.580. The molecule has 3 heterocycles. The standard InChI is InChI=1S/C25H28N4O/c1-30-21-4-2-3-19(11-21)25-24-22-16-28(13-18-7-9-26-10-8-18)15-20(22)12-23(24)29(27-25)14-17-5-6-17/h2-4,7-11,17,20,22H,5-6,12-16H2,1H3/t20-,22+/m1/s1. The Kier molecular flexibility index (Phi) is 4.38. The monoisotopic (exact) mass is 400 g/mol. The van der Waals surface area contributed by atoms with Gasteiger partial charge in [-0.3, -0.25) is 14.6 Å². The molecule has 154 valence electrons. The molecule has 2 atom stereocenters. The second kappa shape index (κ2) is 7.24. The van der Waals surface area contributed by atoms with Gasteiger partial charge in [0.15, 0.2) is 0 Å². The number of rotatable bonds is 6. The first-order valence-corrected chi connectivity index (χ1v) is 11.1. The third-order valence-corrected chi connectivity index (χ3v) is 7.07. The number of likely N-dealkylation sites (tertiary alicyclic amines) is 1. The van der Waals surface area contributed by atoms with E-state index in [-0.39, 0.29) is 0 Å². The summed E-state index contributed by atoms with van der Waals surface area (Å²) in [5.41, 5.74) is 6.73. The lowest BCUT2D eigenvalue weighted by Crippen LogP contribution is -2.21. The molecule has 3 aliphatic rings. The molecule has 6 rings (SSSR count). The average Bonchev–Trinajstić information content (AvgIpc) is 3.27. The summed E-state index contributed by atoms with van der Waals surface area (Å²) in [6.45, 7) is 4.39. The maximum absolute atomic E-state index is 5.50. The summed E-state index contributed by atoms with van der Waals surface area (Å²) in [6, 6.07) is 12.7. The van der Waals surface area contributed by atoms with E-state index in [4.69, 9.17) is 9.84 Å². The molecular formula is C25H28N4O. The van der Waals surface area contributed by atoms with E-state index in [2.05, 4.69) is 44.9 Å². The fourth-order valence-electron chi connectivity index (χ4n) is 5.41. The van der Waals surface area contributed by atoms with Gasteiger partial charge in [-0.2, -0.15) is 5.10 Å². The number of ether oxygens (including phenoxy) is 1. The Morgan fingerprint density at radius 2 is 1.97 bits per heavy atom. The van der Waals surface area contributed by atoms with E-state index in [0.717, 1.165) is 37.7 Å². The number of hydrogen-bond donors (Lipinski definition) is 0. The van der Waals surface area contributed by atoms with Crippen LogP contribution in [0.2, 0.25) is 0 Å². The minimum Gasteiger partial charge on any atom is -0.497 e. The zero-order chi connectivity index (χ0) is 20.1. The maximum Gasteiger partial charge on any atom is 0.119 e. The molecular weight excluding hydrogens is 372 g/mol. The van der Waals surface area contributed by atoms with Crippen molar-refractivity contribution in [3.63, 3.8) is 0 Å². The summed E-state index contributed by atoms with van der Waals surface area (Å²) in [4.78, 5) is 6.77. The highest BCUT2D eigenvalue weighted by atomic mass is 16.5. The van der Waals surface area contributed by atoms with Gasteiger partial charge in [-0.25, -0.2) is 0 Å².